The predicted octanol–water partition coefficient (Wildman–Crippen LogP) is 1.86. The highest BCUT2D eigenvalue weighted by molar-refractivity contribution is 7.14. The minimum absolute atomic E-state index is 0.499. The van der Waals surface area contributed by atoms with Crippen LogP contribution in [0.15, 0.2) is 15.9 Å². The Morgan fingerprint density at radius 2 is 2.18 bits per heavy atom. The van der Waals surface area contributed by atoms with Gasteiger partial charge in [-0.2, -0.15) is 0 Å². The maximum Gasteiger partial charge on any atom is 0.318 e. The van der Waals surface area contributed by atoms with Gasteiger partial charge in [-0.25, -0.2) is 0 Å². The van der Waals surface area contributed by atoms with Crippen molar-refractivity contribution in [2.24, 2.45) is 0 Å². The van der Waals surface area contributed by atoms with Gasteiger partial charge < -0.3 is 14.6 Å². The first kappa shape index (κ1) is 11.0. The van der Waals surface area contributed by atoms with Gasteiger partial charge in [0.15, 0.2) is 0 Å². The highest BCUT2D eigenvalue weighted by Crippen LogP contribution is 2.33. The molecule has 0 aliphatic carbocycles. The molecule has 0 saturated carbocycles. The average molecular weight is 271 g/mol. The van der Waals surface area contributed by atoms with Crippen molar-refractivity contribution in [1.82, 2.24) is 15.5 Å². The van der Waals surface area contributed by atoms with Gasteiger partial charge in [-0.3, -0.25) is 0 Å². The zero-order chi connectivity index (χ0) is 11.7. The summed E-state index contributed by atoms with van der Waals surface area (Å²) in [4.78, 5) is 2.91. The fourth-order valence-electron chi connectivity index (χ4n) is 1.74. The van der Waals surface area contributed by atoms with Crippen molar-refractivity contribution >= 4 is 29.0 Å². The van der Waals surface area contributed by atoms with Crippen molar-refractivity contribution in [2.45, 2.75) is 0 Å². The summed E-state index contributed by atoms with van der Waals surface area (Å²) in [5.74, 6) is 0.499. The van der Waals surface area contributed by atoms with E-state index in [1.165, 1.54) is 11.3 Å². The lowest BCUT2D eigenvalue weighted by atomic mass is 10.4. The molecule has 0 bridgehead atoms. The highest BCUT2D eigenvalue weighted by atomic mass is 35.5. The summed E-state index contributed by atoms with van der Waals surface area (Å²) in [7, 11) is 0. The SMILES string of the molecule is Clc1ccsc1-c1nnc(N2CCNCC2)o1. The highest BCUT2D eigenvalue weighted by Gasteiger charge is 2.19. The molecule has 5 nitrogen and oxygen atoms in total. The number of hydrogen-bond acceptors (Lipinski definition) is 6. The van der Waals surface area contributed by atoms with Crippen molar-refractivity contribution in [3.63, 3.8) is 0 Å². The largest absolute Gasteiger partial charge is 0.402 e. The van der Waals surface area contributed by atoms with Gasteiger partial charge in [-0.1, -0.05) is 16.7 Å². The van der Waals surface area contributed by atoms with E-state index in [0.717, 1.165) is 31.1 Å². The molecule has 1 saturated heterocycles. The molecule has 2 aromatic rings. The first-order valence-corrected chi connectivity index (χ1v) is 6.63. The van der Waals surface area contributed by atoms with E-state index in [1.807, 2.05) is 11.4 Å². The van der Waals surface area contributed by atoms with Gasteiger partial charge in [0.2, 0.25) is 0 Å². The molecular weight excluding hydrogens is 260 g/mol. The van der Waals surface area contributed by atoms with Gasteiger partial charge in [-0.15, -0.1) is 16.4 Å². The van der Waals surface area contributed by atoms with E-state index in [0.29, 0.717) is 16.9 Å². The molecule has 0 atom stereocenters. The molecule has 1 N–H and O–H groups in total. The van der Waals surface area contributed by atoms with Crippen molar-refractivity contribution in [3.8, 4) is 10.8 Å². The Bertz CT molecular complexity index is 506. The van der Waals surface area contributed by atoms with E-state index in [2.05, 4.69) is 20.4 Å². The predicted molar refractivity (Wildman–Crippen MR) is 67.7 cm³/mol. The lowest BCUT2D eigenvalue weighted by Crippen LogP contribution is -2.43. The van der Waals surface area contributed by atoms with E-state index in [-0.39, 0.29) is 0 Å². The van der Waals surface area contributed by atoms with Crippen LogP contribution >= 0.6 is 22.9 Å². The molecule has 3 rings (SSSR count). The fourth-order valence-corrected chi connectivity index (χ4v) is 2.79. The standard InChI is InChI=1S/C10H11ClN4OS/c11-7-1-6-17-8(7)9-13-14-10(16-9)15-4-2-12-3-5-15/h1,6,12H,2-5H2. The van der Waals surface area contributed by atoms with Crippen LogP contribution in [-0.2, 0) is 0 Å². The number of aromatic nitrogens is 2. The van der Waals surface area contributed by atoms with E-state index >= 15 is 0 Å². The van der Waals surface area contributed by atoms with Crippen LogP contribution in [0.25, 0.3) is 10.8 Å². The normalized spacial score (nSPS) is 16.4. The smallest absolute Gasteiger partial charge is 0.318 e. The molecule has 0 spiro atoms. The number of thiophene rings is 1. The van der Waals surface area contributed by atoms with Crippen LogP contribution in [0.2, 0.25) is 5.02 Å². The monoisotopic (exact) mass is 270 g/mol. The number of nitrogens with zero attached hydrogens (tertiary/aromatic N) is 3. The molecule has 17 heavy (non-hydrogen) atoms. The number of hydrogen-bond donors (Lipinski definition) is 1. The summed E-state index contributed by atoms with van der Waals surface area (Å²) in [6.07, 6.45) is 0. The molecule has 0 unspecified atom stereocenters. The van der Waals surface area contributed by atoms with Crippen molar-refractivity contribution in [2.75, 3.05) is 31.1 Å². The van der Waals surface area contributed by atoms with Crippen LogP contribution in [0, 0.1) is 0 Å². The van der Waals surface area contributed by atoms with Crippen molar-refractivity contribution in [3.05, 3.63) is 16.5 Å². The number of piperazine rings is 1. The summed E-state index contributed by atoms with van der Waals surface area (Å²) in [5, 5.41) is 14.0. The number of anilines is 1. The number of halogens is 1. The maximum atomic E-state index is 6.03. The number of rotatable bonds is 2. The minimum Gasteiger partial charge on any atom is -0.402 e. The van der Waals surface area contributed by atoms with Gasteiger partial charge in [0.1, 0.15) is 4.88 Å². The first-order valence-electron chi connectivity index (χ1n) is 5.37. The summed E-state index contributed by atoms with van der Waals surface area (Å²) in [5.41, 5.74) is 0. The lowest BCUT2D eigenvalue weighted by molar-refractivity contribution is 0.506. The maximum absolute atomic E-state index is 6.03. The molecule has 7 heteroatoms. The third kappa shape index (κ3) is 2.15. The van der Waals surface area contributed by atoms with Crippen LogP contribution in [0.3, 0.4) is 0 Å². The second kappa shape index (κ2) is 4.64. The van der Waals surface area contributed by atoms with Gasteiger partial charge in [0.05, 0.1) is 5.02 Å². The van der Waals surface area contributed by atoms with Gasteiger partial charge in [0.25, 0.3) is 5.89 Å². The fraction of sp³-hybridized carbons (Fsp3) is 0.400. The number of nitrogens with one attached hydrogen (secondary N) is 1. The lowest BCUT2D eigenvalue weighted by Gasteiger charge is -2.24. The molecule has 0 aromatic carbocycles. The summed E-state index contributed by atoms with van der Waals surface area (Å²) >= 11 is 7.53. The van der Waals surface area contributed by atoms with Gasteiger partial charge >= 0.3 is 6.01 Å². The molecule has 90 valence electrons. The Kier molecular flexibility index (Phi) is 3.00. The Hall–Kier alpha value is -1.11. The van der Waals surface area contributed by atoms with Crippen LogP contribution in [-0.4, -0.2) is 36.4 Å². The molecule has 1 aliphatic rings. The van der Waals surface area contributed by atoms with E-state index in [9.17, 15) is 0 Å². The van der Waals surface area contributed by atoms with Crippen LogP contribution < -0.4 is 10.2 Å². The zero-order valence-electron chi connectivity index (χ0n) is 9.02. The molecule has 3 heterocycles. The van der Waals surface area contributed by atoms with Crippen LogP contribution in [0.5, 0.6) is 0 Å². The third-order valence-corrected chi connectivity index (χ3v) is 3.94. The first-order chi connectivity index (χ1) is 8.34. The van der Waals surface area contributed by atoms with E-state index in [1.54, 1.807) is 0 Å². The average Bonchev–Trinajstić information content (AvgIpc) is 2.98. The van der Waals surface area contributed by atoms with Crippen molar-refractivity contribution in [1.29, 1.82) is 0 Å². The molecule has 0 radical (unpaired) electrons. The molecule has 0 amide bonds. The van der Waals surface area contributed by atoms with Crippen LogP contribution in [0.4, 0.5) is 6.01 Å². The Morgan fingerprint density at radius 3 is 2.88 bits per heavy atom. The molecule has 1 fully saturated rings. The van der Waals surface area contributed by atoms with E-state index in [4.69, 9.17) is 16.0 Å². The van der Waals surface area contributed by atoms with E-state index < -0.39 is 0 Å². The second-order valence-corrected chi connectivity index (χ2v) is 5.05. The Morgan fingerprint density at radius 1 is 1.35 bits per heavy atom. The zero-order valence-corrected chi connectivity index (χ0v) is 10.6. The topological polar surface area (TPSA) is 54.2 Å². The Labute approximate surface area is 107 Å². The molecule has 2 aromatic heterocycles. The summed E-state index contributed by atoms with van der Waals surface area (Å²) in [6.45, 7) is 3.66. The van der Waals surface area contributed by atoms with Gasteiger partial charge in [0, 0.05) is 26.2 Å². The Balaban J connectivity index is 1.85. The molecular formula is C10H11ClN4OS. The molecule has 1 aliphatic heterocycles. The minimum atomic E-state index is 0.499. The summed E-state index contributed by atoms with van der Waals surface area (Å²) < 4.78 is 5.65. The quantitative estimate of drug-likeness (QED) is 0.903. The van der Waals surface area contributed by atoms with Crippen LogP contribution in [0.1, 0.15) is 0 Å². The van der Waals surface area contributed by atoms with Crippen molar-refractivity contribution < 1.29 is 4.42 Å². The van der Waals surface area contributed by atoms with Gasteiger partial charge in [-0.05, 0) is 11.4 Å². The third-order valence-electron chi connectivity index (χ3n) is 2.61. The summed E-state index contributed by atoms with van der Waals surface area (Å²) in [6, 6.07) is 2.40. The second-order valence-electron chi connectivity index (χ2n) is 3.72.